The number of amides is 2. The number of hydroxylamine groups is 2. The zero-order valence-electron chi connectivity index (χ0n) is 23.5. The molecule has 1 heterocycles. The molecule has 2 amide bonds. The lowest BCUT2D eigenvalue weighted by Gasteiger charge is -2.39. The highest BCUT2D eigenvalue weighted by Gasteiger charge is 2.40. The average Bonchev–Trinajstić information content (AvgIpc) is 2.90. The van der Waals surface area contributed by atoms with Crippen LogP contribution in [0.1, 0.15) is 84.6 Å². The highest BCUT2D eigenvalue weighted by molar-refractivity contribution is 7.80. The quantitative estimate of drug-likeness (QED) is 0.129. The topological polar surface area (TPSA) is 125 Å². The fourth-order valence-corrected chi connectivity index (χ4v) is 4.59. The largest absolute Gasteiger partial charge is 0.724 e. The van der Waals surface area contributed by atoms with Crippen molar-refractivity contribution in [3.63, 3.8) is 0 Å². The number of rotatable bonds is 17. The maximum absolute atomic E-state index is 11.4. The average molecular weight is 558 g/mol. The van der Waals surface area contributed by atoms with Gasteiger partial charge in [-0.2, -0.15) is 4.28 Å². The Kier molecular flexibility index (Phi) is 16.1. The zero-order chi connectivity index (χ0) is 28.4. The third kappa shape index (κ3) is 13.5. The standard InChI is InChI=1S/C16H36N.C11H12N2O7S/c1-5-9-13-17(14-10-6-2,15-11-7-3)16-12-8-4;14-10-9(6-13(10)20-21(16,17)18)12-11(15)19-7-8-4-2-1-3-5-8/h5-16H2,1-4H3;1-5,9H,6-7H2,(H,12,15)(H,16,17,18)/q+1;/p-1. The van der Waals surface area contributed by atoms with Crippen LogP contribution < -0.4 is 5.32 Å². The first-order valence-electron chi connectivity index (χ1n) is 13.9. The Hall–Kier alpha value is -2.21. The van der Waals surface area contributed by atoms with E-state index >= 15 is 0 Å². The molecule has 11 heteroatoms. The summed E-state index contributed by atoms with van der Waals surface area (Å²) in [6, 6.07) is 7.92. The predicted molar refractivity (Wildman–Crippen MR) is 145 cm³/mol. The summed E-state index contributed by atoms with van der Waals surface area (Å²) >= 11 is 0. The van der Waals surface area contributed by atoms with Gasteiger partial charge in [0.25, 0.3) is 5.91 Å². The van der Waals surface area contributed by atoms with E-state index in [1.165, 1.54) is 82.0 Å². The Morgan fingerprint density at radius 2 is 1.42 bits per heavy atom. The molecule has 1 N–H and O–H groups in total. The summed E-state index contributed by atoms with van der Waals surface area (Å²) in [6.45, 7) is 14.8. The summed E-state index contributed by atoms with van der Waals surface area (Å²) in [5.41, 5.74) is 0.773. The number of carbonyl (C=O) groups is 2. The summed E-state index contributed by atoms with van der Waals surface area (Å²) in [5.74, 6) is -0.842. The molecule has 0 saturated carbocycles. The van der Waals surface area contributed by atoms with Crippen molar-refractivity contribution in [2.24, 2.45) is 0 Å². The number of carbonyl (C=O) groups excluding carboxylic acids is 2. The number of nitrogens with one attached hydrogen (secondary N) is 1. The Morgan fingerprint density at radius 3 is 1.82 bits per heavy atom. The van der Waals surface area contributed by atoms with Crippen LogP contribution in [0, 0.1) is 0 Å². The van der Waals surface area contributed by atoms with Gasteiger partial charge in [0.1, 0.15) is 12.6 Å². The minimum absolute atomic E-state index is 0.0305. The van der Waals surface area contributed by atoms with E-state index in [9.17, 15) is 22.6 Å². The van der Waals surface area contributed by atoms with Gasteiger partial charge in [-0.15, -0.1) is 0 Å². The van der Waals surface area contributed by atoms with E-state index in [2.05, 4.69) is 37.3 Å². The molecule has 1 aromatic rings. The lowest BCUT2D eigenvalue weighted by molar-refractivity contribution is -0.929. The minimum atomic E-state index is -5.00. The Labute approximate surface area is 229 Å². The summed E-state index contributed by atoms with van der Waals surface area (Å²) in [6.07, 6.45) is 10.2. The van der Waals surface area contributed by atoms with E-state index in [1.807, 2.05) is 6.07 Å². The van der Waals surface area contributed by atoms with Crippen molar-refractivity contribution in [1.29, 1.82) is 0 Å². The molecule has 1 aliphatic heterocycles. The van der Waals surface area contributed by atoms with Crippen molar-refractivity contribution in [3.05, 3.63) is 35.9 Å². The van der Waals surface area contributed by atoms with E-state index < -0.39 is 28.4 Å². The molecule has 0 aromatic heterocycles. The highest BCUT2D eigenvalue weighted by Crippen LogP contribution is 2.16. The molecular formula is C27H47N3O7S. The molecule has 1 atom stereocenters. The summed E-state index contributed by atoms with van der Waals surface area (Å²) in [5, 5.41) is 2.57. The molecule has 1 saturated heterocycles. The molecule has 0 radical (unpaired) electrons. The van der Waals surface area contributed by atoms with Crippen LogP contribution in [0.2, 0.25) is 0 Å². The van der Waals surface area contributed by atoms with Crippen molar-refractivity contribution in [3.8, 4) is 0 Å². The van der Waals surface area contributed by atoms with Gasteiger partial charge < -0.3 is 19.1 Å². The van der Waals surface area contributed by atoms with Crippen molar-refractivity contribution in [2.75, 3.05) is 32.7 Å². The number of alkyl carbamates (subject to hydrolysis) is 1. The second kappa shape index (κ2) is 18.1. The molecule has 0 spiro atoms. The SMILES string of the molecule is CCCC[N+](CCCC)(CCCC)CCCC.O=C(NC1CN(OS(=O)(=O)[O-])C1=O)OCc1ccccc1. The van der Waals surface area contributed by atoms with Gasteiger partial charge in [-0.1, -0.05) is 83.7 Å². The van der Waals surface area contributed by atoms with Gasteiger partial charge in [-0.05, 0) is 31.2 Å². The lowest BCUT2D eigenvalue weighted by Crippen LogP contribution is -2.63. The third-order valence-corrected chi connectivity index (χ3v) is 6.88. The fourth-order valence-electron chi connectivity index (χ4n) is 4.23. The van der Waals surface area contributed by atoms with Gasteiger partial charge in [0, 0.05) is 0 Å². The first-order chi connectivity index (χ1) is 18.1. The van der Waals surface area contributed by atoms with Crippen LogP contribution in [0.25, 0.3) is 0 Å². The molecule has 218 valence electrons. The molecule has 2 rings (SSSR count). The molecular weight excluding hydrogens is 510 g/mol. The second-order valence-electron chi connectivity index (χ2n) is 9.79. The first kappa shape index (κ1) is 33.8. The van der Waals surface area contributed by atoms with Crippen LogP contribution in [-0.2, 0) is 30.8 Å². The number of quaternary nitrogens is 1. The number of ether oxygens (including phenoxy) is 1. The Balaban J connectivity index is 0.000000391. The normalized spacial score (nSPS) is 15.3. The van der Waals surface area contributed by atoms with Gasteiger partial charge in [-0.3, -0.25) is 4.79 Å². The van der Waals surface area contributed by atoms with E-state index in [-0.39, 0.29) is 13.2 Å². The molecule has 0 aliphatic carbocycles. The van der Waals surface area contributed by atoms with Crippen molar-refractivity contribution in [2.45, 2.75) is 91.7 Å². The van der Waals surface area contributed by atoms with Crippen molar-refractivity contribution in [1.82, 2.24) is 10.4 Å². The molecule has 38 heavy (non-hydrogen) atoms. The maximum atomic E-state index is 11.4. The van der Waals surface area contributed by atoms with Crippen LogP contribution in [0.5, 0.6) is 0 Å². The molecule has 1 aromatic carbocycles. The number of β-lactam (4-membered cyclic amide) rings is 1. The van der Waals surface area contributed by atoms with Crippen molar-refractivity contribution < 1.29 is 36.1 Å². The zero-order valence-corrected chi connectivity index (χ0v) is 24.3. The Morgan fingerprint density at radius 1 is 0.947 bits per heavy atom. The van der Waals surface area contributed by atoms with E-state index in [1.54, 1.807) is 24.3 Å². The molecule has 1 unspecified atom stereocenters. The third-order valence-electron chi connectivity index (χ3n) is 6.52. The number of unbranched alkanes of at least 4 members (excludes halogenated alkanes) is 4. The van der Waals surface area contributed by atoms with E-state index in [4.69, 9.17) is 4.74 Å². The predicted octanol–water partition coefficient (Wildman–Crippen LogP) is 4.52. The first-order valence-corrected chi connectivity index (χ1v) is 15.2. The van der Waals surface area contributed by atoms with Crippen molar-refractivity contribution >= 4 is 22.4 Å². The summed E-state index contributed by atoms with van der Waals surface area (Å²) in [4.78, 5) is 22.8. The van der Waals surface area contributed by atoms with E-state index in [0.29, 0.717) is 5.06 Å². The minimum Gasteiger partial charge on any atom is -0.724 e. The van der Waals surface area contributed by atoms with Crippen LogP contribution in [0.3, 0.4) is 0 Å². The van der Waals surface area contributed by atoms with Gasteiger partial charge in [-0.25, -0.2) is 18.3 Å². The van der Waals surface area contributed by atoms with Gasteiger partial charge in [0.15, 0.2) is 0 Å². The van der Waals surface area contributed by atoms with E-state index in [0.717, 1.165) is 5.56 Å². The highest BCUT2D eigenvalue weighted by atomic mass is 32.3. The van der Waals surface area contributed by atoms with Crippen LogP contribution >= 0.6 is 0 Å². The van der Waals surface area contributed by atoms with Crippen LogP contribution in [-0.4, -0.2) is 73.3 Å². The number of benzene rings is 1. The molecule has 0 bridgehead atoms. The number of nitrogens with zero attached hydrogens (tertiary/aromatic N) is 2. The smallest absolute Gasteiger partial charge is 0.408 e. The molecule has 1 fully saturated rings. The lowest BCUT2D eigenvalue weighted by atomic mass is 10.1. The summed E-state index contributed by atoms with van der Waals surface area (Å²) < 4.78 is 41.0. The summed E-state index contributed by atoms with van der Waals surface area (Å²) in [7, 11) is -5.00. The van der Waals surface area contributed by atoms with Gasteiger partial charge in [0.05, 0.1) is 32.7 Å². The maximum Gasteiger partial charge on any atom is 0.408 e. The van der Waals surface area contributed by atoms with Crippen LogP contribution in [0.15, 0.2) is 30.3 Å². The Bertz CT molecular complexity index is 875. The van der Waals surface area contributed by atoms with Crippen LogP contribution in [0.4, 0.5) is 4.79 Å². The van der Waals surface area contributed by atoms with Gasteiger partial charge >= 0.3 is 6.09 Å². The second-order valence-corrected chi connectivity index (χ2v) is 10.8. The number of hydrogen-bond acceptors (Lipinski definition) is 7. The molecule has 10 nitrogen and oxygen atoms in total. The fraction of sp³-hybridized carbons (Fsp3) is 0.704. The monoisotopic (exact) mass is 557 g/mol. The molecule has 1 aliphatic rings. The number of hydrogen-bond donors (Lipinski definition) is 1. The van der Waals surface area contributed by atoms with Gasteiger partial charge in [0.2, 0.25) is 10.4 Å².